The average Bonchev–Trinajstić information content (AvgIpc) is 3.33. The van der Waals surface area contributed by atoms with Crippen molar-refractivity contribution in [2.75, 3.05) is 7.05 Å². The molecule has 0 aromatic carbocycles. The van der Waals surface area contributed by atoms with Crippen LogP contribution in [-0.4, -0.2) is 52.0 Å². The second kappa shape index (κ2) is 11.4. The van der Waals surface area contributed by atoms with Gasteiger partial charge in [-0.15, -0.1) is 0 Å². The number of nitrogens with zero attached hydrogens (tertiary/aromatic N) is 2. The lowest BCUT2D eigenvalue weighted by Gasteiger charge is -2.61. The number of hydrogen-bond donors (Lipinski definition) is 1. The summed E-state index contributed by atoms with van der Waals surface area (Å²) in [7, 11) is 2.03. The number of imide groups is 1. The van der Waals surface area contributed by atoms with Gasteiger partial charge in [-0.05, 0) is 111 Å². The van der Waals surface area contributed by atoms with Crippen LogP contribution < -0.4 is 4.72 Å². The highest BCUT2D eigenvalue weighted by molar-refractivity contribution is 7.98. The van der Waals surface area contributed by atoms with E-state index in [1.54, 1.807) is 16.8 Å². The summed E-state index contributed by atoms with van der Waals surface area (Å²) < 4.78 is 3.18. The maximum Gasteiger partial charge on any atom is 0.334 e. The van der Waals surface area contributed by atoms with Gasteiger partial charge in [-0.2, -0.15) is 0 Å². The Kier molecular flexibility index (Phi) is 8.26. The van der Waals surface area contributed by atoms with Crippen LogP contribution in [0.5, 0.6) is 0 Å². The predicted molar refractivity (Wildman–Crippen MR) is 160 cm³/mol. The summed E-state index contributed by atoms with van der Waals surface area (Å²) in [5.41, 5.74) is 0.168. The number of nitrogens with one attached hydrogen (secondary N) is 1. The topological polar surface area (TPSA) is 69.7 Å². The molecule has 0 aromatic heterocycles. The lowest BCUT2D eigenvalue weighted by Crippen LogP contribution is -2.61. The van der Waals surface area contributed by atoms with E-state index in [0.717, 1.165) is 77.0 Å². The van der Waals surface area contributed by atoms with Gasteiger partial charge in [0.15, 0.2) is 0 Å². The fourth-order valence-corrected chi connectivity index (χ4v) is 11.8. The van der Waals surface area contributed by atoms with Crippen LogP contribution in [-0.2, 0) is 9.59 Å². The van der Waals surface area contributed by atoms with Gasteiger partial charge in [0.05, 0.1) is 0 Å². The summed E-state index contributed by atoms with van der Waals surface area (Å²) in [6.07, 6.45) is 19.7. The van der Waals surface area contributed by atoms with Crippen LogP contribution in [0.25, 0.3) is 0 Å². The number of rotatable bonds is 4. The quantitative estimate of drug-likeness (QED) is 0.359. The first-order valence-corrected chi connectivity index (χ1v) is 17.7. The van der Waals surface area contributed by atoms with Gasteiger partial charge in [0.2, 0.25) is 11.8 Å². The highest BCUT2D eigenvalue weighted by atomic mass is 32.2. The normalized spacial score (nSPS) is 40.6. The first-order valence-electron chi connectivity index (χ1n) is 16.8. The van der Waals surface area contributed by atoms with Crippen molar-refractivity contribution in [2.45, 2.75) is 147 Å². The monoisotopic (exact) mass is 571 g/mol. The second-order valence-electron chi connectivity index (χ2n) is 14.9. The van der Waals surface area contributed by atoms with E-state index in [2.05, 4.69) is 23.5 Å². The SMILES string of the molecule is CN1C(=O)CC[C@@]2(C)C1CC[C@@H]1[C@H]2CC[C@]2(C)C(C(=O)N(C(=O)NSC3CCCCC3)C3CCCCC3)CC[C@@H]12. The summed E-state index contributed by atoms with van der Waals surface area (Å²) in [4.78, 5) is 44.7. The van der Waals surface area contributed by atoms with Crippen molar-refractivity contribution in [1.29, 1.82) is 0 Å². The second-order valence-corrected chi connectivity index (χ2v) is 16.0. The number of fused-ring (bicyclic) bond motifs is 5. The fraction of sp³-hybridized carbons (Fsp3) is 0.909. The van der Waals surface area contributed by atoms with Gasteiger partial charge >= 0.3 is 6.03 Å². The molecule has 6 fully saturated rings. The van der Waals surface area contributed by atoms with Crippen LogP contribution in [0.4, 0.5) is 4.79 Å². The van der Waals surface area contributed by atoms with E-state index in [9.17, 15) is 14.4 Å². The molecule has 6 rings (SSSR count). The van der Waals surface area contributed by atoms with Crippen LogP contribution in [0.2, 0.25) is 0 Å². The summed E-state index contributed by atoms with van der Waals surface area (Å²) >= 11 is 1.58. The molecule has 224 valence electrons. The Hall–Kier alpha value is -1.24. The first kappa shape index (κ1) is 28.9. The van der Waals surface area contributed by atoms with E-state index in [0.29, 0.717) is 41.4 Å². The predicted octanol–water partition coefficient (Wildman–Crippen LogP) is 7.32. The van der Waals surface area contributed by atoms with Gasteiger partial charge in [-0.3, -0.25) is 19.2 Å². The van der Waals surface area contributed by atoms with E-state index < -0.39 is 0 Å². The molecule has 7 heteroatoms. The van der Waals surface area contributed by atoms with Gasteiger partial charge in [-0.1, -0.05) is 52.4 Å². The van der Waals surface area contributed by atoms with Crippen molar-refractivity contribution in [3.8, 4) is 0 Å². The Bertz CT molecular complexity index is 978. The molecule has 6 aliphatic rings. The maximum absolute atomic E-state index is 14.5. The van der Waals surface area contributed by atoms with Gasteiger partial charge in [-0.25, -0.2) is 4.79 Å². The molecule has 0 spiro atoms. The van der Waals surface area contributed by atoms with Crippen molar-refractivity contribution in [1.82, 2.24) is 14.5 Å². The third-order valence-corrected chi connectivity index (χ3v) is 14.2. The van der Waals surface area contributed by atoms with Crippen molar-refractivity contribution < 1.29 is 14.4 Å². The summed E-state index contributed by atoms with van der Waals surface area (Å²) in [5.74, 6) is 2.22. The molecule has 5 aliphatic carbocycles. The molecule has 1 aliphatic heterocycles. The smallest absolute Gasteiger partial charge is 0.334 e. The van der Waals surface area contributed by atoms with Crippen LogP contribution in [0.3, 0.4) is 0 Å². The van der Waals surface area contributed by atoms with Gasteiger partial charge < -0.3 is 4.90 Å². The Balaban J connectivity index is 1.19. The van der Waals surface area contributed by atoms with E-state index >= 15 is 0 Å². The summed E-state index contributed by atoms with van der Waals surface area (Å²) in [6, 6.07) is 0.276. The zero-order valence-corrected chi connectivity index (χ0v) is 26.1. The van der Waals surface area contributed by atoms with Crippen LogP contribution in [0.15, 0.2) is 0 Å². The molecule has 5 saturated carbocycles. The molecule has 0 radical (unpaired) electrons. The Morgan fingerprint density at radius 3 is 2.23 bits per heavy atom. The van der Waals surface area contributed by atoms with Gasteiger partial charge in [0.1, 0.15) is 0 Å². The number of likely N-dealkylation sites (tertiary alicyclic amines) is 1. The molecule has 0 bridgehead atoms. The van der Waals surface area contributed by atoms with Gasteiger partial charge in [0.25, 0.3) is 0 Å². The van der Waals surface area contributed by atoms with E-state index in [1.807, 2.05) is 7.05 Å². The van der Waals surface area contributed by atoms with E-state index in [-0.39, 0.29) is 34.7 Å². The molecule has 1 N–H and O–H groups in total. The Labute approximate surface area is 246 Å². The molecule has 1 heterocycles. The van der Waals surface area contributed by atoms with Crippen LogP contribution in [0, 0.1) is 34.5 Å². The standard InChI is InChI=1S/C33H53N3O3S/c1-32-20-18-26-24(14-17-28-33(26,2)21-19-29(37)35(28)3)25(32)15-16-27(32)30(38)36(22-10-6-4-7-11-22)31(39)34-40-23-12-8-5-9-13-23/h22-28H,4-21H2,1-3H3,(H,34,39)/t24-,25-,26+,27?,28?,32-,33+/m0/s1. The highest BCUT2D eigenvalue weighted by Gasteiger charge is 2.62. The largest absolute Gasteiger partial charge is 0.342 e. The van der Waals surface area contributed by atoms with E-state index in [1.165, 1.54) is 32.1 Å². The molecule has 4 amide bonds. The molecule has 40 heavy (non-hydrogen) atoms. The number of urea groups is 1. The lowest BCUT2D eigenvalue weighted by atomic mass is 9.47. The first-order chi connectivity index (χ1) is 19.2. The number of piperidine rings is 1. The third kappa shape index (κ3) is 4.92. The molecular formula is C33H53N3O3S. The summed E-state index contributed by atoms with van der Waals surface area (Å²) in [5, 5.41) is 0.482. The molecule has 2 unspecified atom stereocenters. The molecule has 6 nitrogen and oxygen atoms in total. The minimum Gasteiger partial charge on any atom is -0.342 e. The Morgan fingerprint density at radius 1 is 0.825 bits per heavy atom. The van der Waals surface area contributed by atoms with Gasteiger partial charge in [0, 0.05) is 36.7 Å². The summed E-state index contributed by atoms with van der Waals surface area (Å²) in [6.45, 7) is 4.87. The zero-order chi connectivity index (χ0) is 28.1. The minimum atomic E-state index is -0.142. The highest BCUT2D eigenvalue weighted by Crippen LogP contribution is 2.66. The molecule has 1 saturated heterocycles. The van der Waals surface area contributed by atoms with Crippen LogP contribution in [0.1, 0.15) is 129 Å². The van der Waals surface area contributed by atoms with Crippen molar-refractivity contribution in [3.05, 3.63) is 0 Å². The van der Waals surface area contributed by atoms with Crippen molar-refractivity contribution >= 4 is 29.8 Å². The third-order valence-electron chi connectivity index (χ3n) is 13.1. The number of hydrogen-bond acceptors (Lipinski definition) is 4. The maximum atomic E-state index is 14.5. The average molecular weight is 572 g/mol. The Morgan fingerprint density at radius 2 is 1.50 bits per heavy atom. The van der Waals surface area contributed by atoms with E-state index in [4.69, 9.17) is 0 Å². The number of amides is 4. The minimum absolute atomic E-state index is 0.0262. The van der Waals surface area contributed by atoms with Crippen molar-refractivity contribution in [2.24, 2.45) is 34.5 Å². The number of carbonyl (C=O) groups excluding carboxylic acids is 3. The molecular weight excluding hydrogens is 518 g/mol. The fourth-order valence-electron chi connectivity index (χ4n) is 10.9. The lowest BCUT2D eigenvalue weighted by molar-refractivity contribution is -0.161. The zero-order valence-electron chi connectivity index (χ0n) is 25.3. The number of carbonyl (C=O) groups is 3. The van der Waals surface area contributed by atoms with Crippen molar-refractivity contribution in [3.63, 3.8) is 0 Å². The molecule has 0 aromatic rings. The van der Waals surface area contributed by atoms with Crippen LogP contribution >= 0.6 is 11.9 Å². The molecule has 7 atom stereocenters.